The predicted octanol–water partition coefficient (Wildman–Crippen LogP) is 5.00. The maximum atomic E-state index is 2.30. The van der Waals surface area contributed by atoms with Crippen molar-refractivity contribution in [2.75, 3.05) is 11.9 Å². The maximum Gasteiger partial charge on any atom is 0.0443 e. The molecule has 0 unspecified atom stereocenters. The summed E-state index contributed by atoms with van der Waals surface area (Å²) in [6.45, 7) is 11.0. The highest BCUT2D eigenvalue weighted by atomic mass is 15.1. The molecule has 0 atom stereocenters. The second kappa shape index (κ2) is 5.08. The molecule has 2 rings (SSSR count). The fraction of sp³-hybridized carbons (Fsp3) is 0.333. The minimum absolute atomic E-state index is 1.27. The molecule has 0 aliphatic rings. The Labute approximate surface area is 116 Å². The number of nitrogens with zero attached hydrogens (tertiary/aromatic N) is 1. The molecule has 100 valence electrons. The van der Waals surface area contributed by atoms with Crippen LogP contribution in [0.1, 0.15) is 27.8 Å². The highest BCUT2D eigenvalue weighted by molar-refractivity contribution is 5.70. The minimum atomic E-state index is 1.27. The average Bonchev–Trinajstić information content (AvgIpc) is 2.40. The van der Waals surface area contributed by atoms with Crippen LogP contribution in [0.4, 0.5) is 11.4 Å². The smallest absolute Gasteiger partial charge is 0.0443 e. The van der Waals surface area contributed by atoms with Crippen LogP contribution in [0.2, 0.25) is 0 Å². The van der Waals surface area contributed by atoms with Crippen LogP contribution in [0, 0.1) is 34.6 Å². The molecule has 0 bridgehead atoms. The first kappa shape index (κ1) is 13.7. The van der Waals surface area contributed by atoms with Crippen molar-refractivity contribution in [2.24, 2.45) is 0 Å². The monoisotopic (exact) mass is 253 g/mol. The average molecular weight is 253 g/mol. The number of benzene rings is 2. The van der Waals surface area contributed by atoms with Gasteiger partial charge >= 0.3 is 0 Å². The summed E-state index contributed by atoms with van der Waals surface area (Å²) in [5, 5.41) is 0. The van der Waals surface area contributed by atoms with Crippen LogP contribution in [0.3, 0.4) is 0 Å². The van der Waals surface area contributed by atoms with Crippen molar-refractivity contribution < 1.29 is 0 Å². The van der Waals surface area contributed by atoms with E-state index >= 15 is 0 Å². The highest BCUT2D eigenvalue weighted by Gasteiger charge is 2.13. The first-order valence-corrected chi connectivity index (χ1v) is 6.80. The van der Waals surface area contributed by atoms with Gasteiger partial charge in [-0.1, -0.05) is 18.2 Å². The van der Waals surface area contributed by atoms with E-state index in [1.54, 1.807) is 0 Å². The number of aryl methyl sites for hydroxylation is 2. The Balaban J connectivity index is 2.57. The zero-order valence-electron chi connectivity index (χ0n) is 12.8. The third kappa shape index (κ3) is 2.37. The summed E-state index contributed by atoms with van der Waals surface area (Å²) in [5.41, 5.74) is 9.41. The van der Waals surface area contributed by atoms with E-state index in [2.05, 4.69) is 76.9 Å². The normalized spacial score (nSPS) is 10.6. The Kier molecular flexibility index (Phi) is 3.66. The van der Waals surface area contributed by atoms with E-state index in [0.29, 0.717) is 0 Å². The first-order chi connectivity index (χ1) is 8.93. The van der Waals surface area contributed by atoms with E-state index in [9.17, 15) is 0 Å². The molecule has 1 heteroatoms. The molecular formula is C18H23N. The SMILES string of the molecule is Cc1ccccc1N(C)c1cc(C)c(C)c(C)c1C. The van der Waals surface area contributed by atoms with Crippen molar-refractivity contribution in [1.29, 1.82) is 0 Å². The first-order valence-electron chi connectivity index (χ1n) is 6.80. The van der Waals surface area contributed by atoms with E-state index in [1.165, 1.54) is 39.2 Å². The summed E-state index contributed by atoms with van der Waals surface area (Å²) < 4.78 is 0. The third-order valence-electron chi connectivity index (χ3n) is 4.29. The fourth-order valence-corrected chi connectivity index (χ4v) is 2.61. The van der Waals surface area contributed by atoms with Gasteiger partial charge in [0.1, 0.15) is 0 Å². The van der Waals surface area contributed by atoms with E-state index < -0.39 is 0 Å². The molecule has 2 aromatic carbocycles. The van der Waals surface area contributed by atoms with Gasteiger partial charge in [0.2, 0.25) is 0 Å². The minimum Gasteiger partial charge on any atom is -0.344 e. The van der Waals surface area contributed by atoms with Crippen molar-refractivity contribution in [3.8, 4) is 0 Å². The molecule has 0 fully saturated rings. The van der Waals surface area contributed by atoms with Crippen molar-refractivity contribution >= 4 is 11.4 Å². The van der Waals surface area contributed by atoms with Crippen molar-refractivity contribution in [3.63, 3.8) is 0 Å². The number of hydrogen-bond acceptors (Lipinski definition) is 1. The Morgan fingerprint density at radius 2 is 1.32 bits per heavy atom. The Bertz CT molecular complexity index is 611. The summed E-state index contributed by atoms with van der Waals surface area (Å²) in [6, 6.07) is 10.8. The van der Waals surface area contributed by atoms with Gasteiger partial charge in [-0.05, 0) is 74.6 Å². The molecule has 1 nitrogen and oxygen atoms in total. The summed E-state index contributed by atoms with van der Waals surface area (Å²) in [5.74, 6) is 0. The Morgan fingerprint density at radius 3 is 1.95 bits per heavy atom. The van der Waals surface area contributed by atoms with Crippen LogP contribution in [0.25, 0.3) is 0 Å². The molecule has 0 N–H and O–H groups in total. The predicted molar refractivity (Wildman–Crippen MR) is 84.6 cm³/mol. The summed E-state index contributed by atoms with van der Waals surface area (Å²) in [7, 11) is 2.15. The lowest BCUT2D eigenvalue weighted by molar-refractivity contribution is 1.13. The molecule has 0 spiro atoms. The van der Waals surface area contributed by atoms with Crippen LogP contribution in [0.5, 0.6) is 0 Å². The van der Waals surface area contributed by atoms with Gasteiger partial charge in [-0.25, -0.2) is 0 Å². The van der Waals surface area contributed by atoms with Gasteiger partial charge in [-0.15, -0.1) is 0 Å². The van der Waals surface area contributed by atoms with Gasteiger partial charge in [0, 0.05) is 18.4 Å². The highest BCUT2D eigenvalue weighted by Crippen LogP contribution is 2.33. The van der Waals surface area contributed by atoms with E-state index in [-0.39, 0.29) is 0 Å². The van der Waals surface area contributed by atoms with Gasteiger partial charge in [0.05, 0.1) is 0 Å². The standard InChI is InChI=1S/C18H23N/c1-12-9-7-8-10-17(12)19(6)18-11-13(2)14(3)15(4)16(18)5/h7-11H,1-6H3. The molecule has 0 radical (unpaired) electrons. The zero-order chi connectivity index (χ0) is 14.2. The lowest BCUT2D eigenvalue weighted by Gasteiger charge is -2.26. The Hall–Kier alpha value is -1.76. The lowest BCUT2D eigenvalue weighted by atomic mass is 9.97. The van der Waals surface area contributed by atoms with Crippen LogP contribution < -0.4 is 4.90 Å². The van der Waals surface area contributed by atoms with Crippen LogP contribution >= 0.6 is 0 Å². The number of para-hydroxylation sites is 1. The van der Waals surface area contributed by atoms with Gasteiger partial charge in [0.15, 0.2) is 0 Å². The van der Waals surface area contributed by atoms with Gasteiger partial charge in [-0.2, -0.15) is 0 Å². The topological polar surface area (TPSA) is 3.24 Å². The number of rotatable bonds is 2. The molecule has 0 heterocycles. The molecule has 0 aliphatic heterocycles. The molecule has 0 aromatic heterocycles. The van der Waals surface area contributed by atoms with Crippen LogP contribution in [-0.2, 0) is 0 Å². The van der Waals surface area contributed by atoms with E-state index in [1.807, 2.05) is 0 Å². The second-order valence-electron chi connectivity index (χ2n) is 5.43. The third-order valence-corrected chi connectivity index (χ3v) is 4.29. The zero-order valence-corrected chi connectivity index (χ0v) is 12.8. The molecule has 0 amide bonds. The quantitative estimate of drug-likeness (QED) is 0.728. The maximum absolute atomic E-state index is 2.30. The molecular weight excluding hydrogens is 230 g/mol. The molecule has 2 aromatic rings. The fourth-order valence-electron chi connectivity index (χ4n) is 2.61. The van der Waals surface area contributed by atoms with E-state index in [4.69, 9.17) is 0 Å². The van der Waals surface area contributed by atoms with Gasteiger partial charge < -0.3 is 4.90 Å². The van der Waals surface area contributed by atoms with Crippen LogP contribution in [0.15, 0.2) is 30.3 Å². The molecule has 19 heavy (non-hydrogen) atoms. The van der Waals surface area contributed by atoms with Crippen molar-refractivity contribution in [3.05, 3.63) is 58.1 Å². The molecule has 0 saturated heterocycles. The van der Waals surface area contributed by atoms with Crippen LogP contribution in [-0.4, -0.2) is 7.05 Å². The van der Waals surface area contributed by atoms with Gasteiger partial charge in [0.25, 0.3) is 0 Å². The second-order valence-corrected chi connectivity index (χ2v) is 5.43. The van der Waals surface area contributed by atoms with Crippen molar-refractivity contribution in [1.82, 2.24) is 0 Å². The summed E-state index contributed by atoms with van der Waals surface area (Å²) in [4.78, 5) is 2.30. The summed E-state index contributed by atoms with van der Waals surface area (Å²) >= 11 is 0. The van der Waals surface area contributed by atoms with Crippen molar-refractivity contribution in [2.45, 2.75) is 34.6 Å². The summed E-state index contributed by atoms with van der Waals surface area (Å²) in [6.07, 6.45) is 0. The lowest BCUT2D eigenvalue weighted by Crippen LogP contribution is -2.13. The number of anilines is 2. The Morgan fingerprint density at radius 1 is 0.684 bits per heavy atom. The van der Waals surface area contributed by atoms with Gasteiger partial charge in [-0.3, -0.25) is 0 Å². The number of hydrogen-bond donors (Lipinski definition) is 0. The molecule has 0 saturated carbocycles. The molecule has 0 aliphatic carbocycles. The largest absolute Gasteiger partial charge is 0.344 e. The van der Waals surface area contributed by atoms with E-state index in [0.717, 1.165) is 0 Å².